The summed E-state index contributed by atoms with van der Waals surface area (Å²) in [7, 11) is 1.93. The third kappa shape index (κ3) is 5.05. The van der Waals surface area contributed by atoms with E-state index in [0.29, 0.717) is 6.54 Å². The van der Waals surface area contributed by atoms with E-state index in [1.165, 1.54) is 31.5 Å². The Morgan fingerprint density at radius 3 is 2.48 bits per heavy atom. The minimum atomic E-state index is -0.752. The van der Waals surface area contributed by atoms with Gasteiger partial charge in [-0.1, -0.05) is 19.1 Å². The number of carboxylic acids is 1. The van der Waals surface area contributed by atoms with Gasteiger partial charge in [-0.2, -0.15) is 0 Å². The molecule has 21 heavy (non-hydrogen) atoms. The smallest absolute Gasteiger partial charge is 0.305 e. The highest BCUT2D eigenvalue weighted by Crippen LogP contribution is 2.19. The number of aliphatic carboxylic acids is 1. The van der Waals surface area contributed by atoms with Crippen molar-refractivity contribution in [3.63, 3.8) is 0 Å². The number of carbonyl (C=O) groups is 1. The first-order valence-corrected chi connectivity index (χ1v) is 7.79. The summed E-state index contributed by atoms with van der Waals surface area (Å²) in [6.45, 7) is 6.28. The number of hydrogen-bond acceptors (Lipinski definition) is 3. The molecule has 4 heteroatoms. The van der Waals surface area contributed by atoms with Crippen LogP contribution in [0.15, 0.2) is 24.3 Å². The van der Waals surface area contributed by atoms with Gasteiger partial charge in [0, 0.05) is 25.8 Å². The number of likely N-dealkylation sites (tertiary alicyclic amines) is 1. The number of carboxylic acid groups (broad SMARTS) is 1. The Morgan fingerprint density at radius 2 is 1.90 bits per heavy atom. The van der Waals surface area contributed by atoms with Crippen LogP contribution in [0, 0.1) is 5.92 Å². The Hall–Kier alpha value is -1.55. The third-order valence-electron chi connectivity index (χ3n) is 4.32. The van der Waals surface area contributed by atoms with Gasteiger partial charge >= 0.3 is 5.97 Å². The molecule has 0 unspecified atom stereocenters. The molecule has 0 saturated carbocycles. The normalized spacial score (nSPS) is 16.9. The summed E-state index contributed by atoms with van der Waals surface area (Å²) in [5, 5.41) is 8.72. The van der Waals surface area contributed by atoms with Crippen LogP contribution in [0.5, 0.6) is 0 Å². The molecule has 1 aromatic carbocycles. The zero-order valence-corrected chi connectivity index (χ0v) is 13.1. The summed E-state index contributed by atoms with van der Waals surface area (Å²) in [6.07, 6.45) is 2.77. The van der Waals surface area contributed by atoms with Gasteiger partial charge in [-0.25, -0.2) is 0 Å². The van der Waals surface area contributed by atoms with Crippen LogP contribution in [0.25, 0.3) is 0 Å². The number of piperidine rings is 1. The van der Waals surface area contributed by atoms with Gasteiger partial charge in [-0.3, -0.25) is 9.69 Å². The third-order valence-corrected chi connectivity index (χ3v) is 4.32. The van der Waals surface area contributed by atoms with E-state index < -0.39 is 5.97 Å². The molecule has 1 heterocycles. The largest absolute Gasteiger partial charge is 0.481 e. The zero-order valence-electron chi connectivity index (χ0n) is 13.1. The van der Waals surface area contributed by atoms with Crippen LogP contribution in [-0.4, -0.2) is 42.7 Å². The van der Waals surface area contributed by atoms with E-state index in [0.717, 1.165) is 18.2 Å². The molecular formula is C17H26N2O2. The van der Waals surface area contributed by atoms with E-state index in [9.17, 15) is 4.79 Å². The average molecular weight is 290 g/mol. The minimum Gasteiger partial charge on any atom is -0.481 e. The molecule has 0 spiro atoms. The molecule has 1 N–H and O–H groups in total. The first-order valence-electron chi connectivity index (χ1n) is 7.79. The molecule has 0 aliphatic carbocycles. The van der Waals surface area contributed by atoms with Crippen molar-refractivity contribution in [3.8, 4) is 0 Å². The molecule has 1 aliphatic rings. The summed E-state index contributed by atoms with van der Waals surface area (Å²) in [4.78, 5) is 15.1. The summed E-state index contributed by atoms with van der Waals surface area (Å²) >= 11 is 0. The van der Waals surface area contributed by atoms with Gasteiger partial charge in [-0.15, -0.1) is 0 Å². The summed E-state index contributed by atoms with van der Waals surface area (Å²) < 4.78 is 0. The predicted molar refractivity (Wildman–Crippen MR) is 85.6 cm³/mol. The topological polar surface area (TPSA) is 43.8 Å². The molecule has 0 amide bonds. The molecular weight excluding hydrogens is 264 g/mol. The lowest BCUT2D eigenvalue weighted by molar-refractivity contribution is -0.136. The molecule has 1 aliphatic heterocycles. The van der Waals surface area contributed by atoms with Crippen LogP contribution in [-0.2, 0) is 11.3 Å². The van der Waals surface area contributed by atoms with E-state index in [4.69, 9.17) is 5.11 Å². The first-order chi connectivity index (χ1) is 10.0. The highest BCUT2D eigenvalue weighted by molar-refractivity contribution is 5.67. The minimum absolute atomic E-state index is 0.171. The molecule has 0 bridgehead atoms. The fourth-order valence-electron chi connectivity index (χ4n) is 2.73. The second-order valence-corrected chi connectivity index (χ2v) is 6.19. The van der Waals surface area contributed by atoms with Crippen LogP contribution < -0.4 is 4.90 Å². The highest BCUT2D eigenvalue weighted by atomic mass is 16.4. The molecule has 4 nitrogen and oxygen atoms in total. The zero-order chi connectivity index (χ0) is 15.2. The SMILES string of the molecule is CC1CCN(Cc2ccc(N(C)CCC(=O)O)cc2)CC1. The second kappa shape index (κ2) is 7.46. The lowest BCUT2D eigenvalue weighted by Gasteiger charge is -2.30. The van der Waals surface area contributed by atoms with Crippen LogP contribution in [0.3, 0.4) is 0 Å². The maximum atomic E-state index is 10.6. The van der Waals surface area contributed by atoms with Crippen molar-refractivity contribution in [2.24, 2.45) is 5.92 Å². The van der Waals surface area contributed by atoms with Crippen molar-refractivity contribution in [2.75, 3.05) is 31.6 Å². The van der Waals surface area contributed by atoms with E-state index in [-0.39, 0.29) is 6.42 Å². The Morgan fingerprint density at radius 1 is 1.29 bits per heavy atom. The summed E-state index contributed by atoms with van der Waals surface area (Å²) in [5.74, 6) is 0.115. The standard InChI is InChI=1S/C17H26N2O2/c1-14-7-11-19(12-8-14)13-15-3-5-16(6-4-15)18(2)10-9-17(20)21/h3-6,14H,7-13H2,1-2H3,(H,20,21). The molecule has 1 saturated heterocycles. The highest BCUT2D eigenvalue weighted by Gasteiger charge is 2.15. The molecule has 1 aromatic rings. The number of nitrogens with zero attached hydrogens (tertiary/aromatic N) is 2. The lowest BCUT2D eigenvalue weighted by atomic mass is 9.99. The van der Waals surface area contributed by atoms with Gasteiger partial charge in [0.1, 0.15) is 0 Å². The van der Waals surface area contributed by atoms with Crippen molar-refractivity contribution in [1.29, 1.82) is 0 Å². The van der Waals surface area contributed by atoms with E-state index in [2.05, 4.69) is 36.1 Å². The fraction of sp³-hybridized carbons (Fsp3) is 0.588. The van der Waals surface area contributed by atoms with Gasteiger partial charge in [0.2, 0.25) is 0 Å². The van der Waals surface area contributed by atoms with E-state index in [1.807, 2.05) is 11.9 Å². The van der Waals surface area contributed by atoms with Gasteiger partial charge in [0.05, 0.1) is 6.42 Å². The lowest BCUT2D eigenvalue weighted by Crippen LogP contribution is -2.32. The number of benzene rings is 1. The average Bonchev–Trinajstić information content (AvgIpc) is 2.48. The van der Waals surface area contributed by atoms with Crippen molar-refractivity contribution in [2.45, 2.75) is 32.7 Å². The number of rotatable bonds is 6. The van der Waals surface area contributed by atoms with Crippen molar-refractivity contribution in [3.05, 3.63) is 29.8 Å². The van der Waals surface area contributed by atoms with Gasteiger partial charge in [0.25, 0.3) is 0 Å². The first kappa shape index (κ1) is 15.8. The van der Waals surface area contributed by atoms with Gasteiger partial charge in [-0.05, 0) is 49.5 Å². The Kier molecular flexibility index (Phi) is 5.62. The van der Waals surface area contributed by atoms with Crippen molar-refractivity contribution < 1.29 is 9.90 Å². The van der Waals surface area contributed by atoms with Crippen LogP contribution in [0.2, 0.25) is 0 Å². The number of hydrogen-bond donors (Lipinski definition) is 1. The second-order valence-electron chi connectivity index (χ2n) is 6.19. The molecule has 0 radical (unpaired) electrons. The van der Waals surface area contributed by atoms with Crippen LogP contribution >= 0.6 is 0 Å². The molecule has 0 aromatic heterocycles. The van der Waals surface area contributed by atoms with Crippen LogP contribution in [0.4, 0.5) is 5.69 Å². The molecule has 1 fully saturated rings. The van der Waals surface area contributed by atoms with Crippen molar-refractivity contribution in [1.82, 2.24) is 4.90 Å². The van der Waals surface area contributed by atoms with Gasteiger partial charge < -0.3 is 10.0 Å². The fourth-order valence-corrected chi connectivity index (χ4v) is 2.73. The maximum Gasteiger partial charge on any atom is 0.305 e. The summed E-state index contributed by atoms with van der Waals surface area (Å²) in [5.41, 5.74) is 2.41. The van der Waals surface area contributed by atoms with E-state index >= 15 is 0 Å². The molecule has 116 valence electrons. The Balaban J connectivity index is 1.85. The predicted octanol–water partition coefficient (Wildman–Crippen LogP) is 2.83. The van der Waals surface area contributed by atoms with Gasteiger partial charge in [0.15, 0.2) is 0 Å². The number of anilines is 1. The van der Waals surface area contributed by atoms with Crippen molar-refractivity contribution >= 4 is 11.7 Å². The monoisotopic (exact) mass is 290 g/mol. The molecule has 0 atom stereocenters. The van der Waals surface area contributed by atoms with E-state index in [1.54, 1.807) is 0 Å². The Labute approximate surface area is 127 Å². The Bertz CT molecular complexity index is 450. The maximum absolute atomic E-state index is 10.6. The quantitative estimate of drug-likeness (QED) is 0.875. The van der Waals surface area contributed by atoms with Crippen LogP contribution in [0.1, 0.15) is 31.7 Å². The summed E-state index contributed by atoms with van der Waals surface area (Å²) in [6, 6.07) is 8.49. The molecule has 2 rings (SSSR count).